The van der Waals surface area contributed by atoms with E-state index in [9.17, 15) is 4.39 Å². The van der Waals surface area contributed by atoms with Crippen molar-refractivity contribution in [3.63, 3.8) is 0 Å². The second kappa shape index (κ2) is 6.09. The van der Waals surface area contributed by atoms with Crippen LogP contribution in [0.4, 0.5) is 4.39 Å². The standard InChI is InChI=1S/C12H17ClFN/c1-9(15-2)5-3-6-10-11(13)7-4-8-12(10)14/h4,7-9,15H,3,5-6H2,1-2H3. The Hall–Kier alpha value is -0.600. The third kappa shape index (κ3) is 3.80. The molecule has 0 heterocycles. The van der Waals surface area contributed by atoms with Crippen LogP contribution >= 0.6 is 11.6 Å². The molecule has 15 heavy (non-hydrogen) atoms. The summed E-state index contributed by atoms with van der Waals surface area (Å²) in [4.78, 5) is 0. The Labute approximate surface area is 95.6 Å². The van der Waals surface area contributed by atoms with E-state index in [-0.39, 0.29) is 5.82 Å². The predicted molar refractivity (Wildman–Crippen MR) is 62.9 cm³/mol. The summed E-state index contributed by atoms with van der Waals surface area (Å²) in [5.41, 5.74) is 0.641. The highest BCUT2D eigenvalue weighted by Crippen LogP contribution is 2.21. The molecule has 0 aromatic heterocycles. The Bertz CT molecular complexity index is 294. The molecule has 3 heteroatoms. The van der Waals surface area contributed by atoms with Gasteiger partial charge in [0.25, 0.3) is 0 Å². The molecule has 1 rings (SSSR count). The zero-order chi connectivity index (χ0) is 11.3. The van der Waals surface area contributed by atoms with E-state index >= 15 is 0 Å². The highest BCUT2D eigenvalue weighted by atomic mass is 35.5. The monoisotopic (exact) mass is 229 g/mol. The van der Waals surface area contributed by atoms with Gasteiger partial charge in [0.15, 0.2) is 0 Å². The van der Waals surface area contributed by atoms with Crippen LogP contribution in [0.5, 0.6) is 0 Å². The van der Waals surface area contributed by atoms with Gasteiger partial charge in [0.2, 0.25) is 0 Å². The predicted octanol–water partition coefficient (Wildman–Crippen LogP) is 3.41. The minimum absolute atomic E-state index is 0.195. The van der Waals surface area contributed by atoms with E-state index in [0.29, 0.717) is 23.0 Å². The van der Waals surface area contributed by atoms with Gasteiger partial charge in [-0.2, -0.15) is 0 Å². The molecule has 84 valence electrons. The molecule has 1 N–H and O–H groups in total. The number of nitrogens with one attached hydrogen (secondary N) is 1. The van der Waals surface area contributed by atoms with Gasteiger partial charge in [-0.3, -0.25) is 0 Å². The molecule has 1 nitrogen and oxygen atoms in total. The summed E-state index contributed by atoms with van der Waals surface area (Å²) in [5.74, 6) is -0.195. The van der Waals surface area contributed by atoms with E-state index in [1.54, 1.807) is 12.1 Å². The van der Waals surface area contributed by atoms with Crippen molar-refractivity contribution in [2.75, 3.05) is 7.05 Å². The number of halogens is 2. The summed E-state index contributed by atoms with van der Waals surface area (Å²) in [6, 6.07) is 5.30. The summed E-state index contributed by atoms with van der Waals surface area (Å²) < 4.78 is 13.4. The van der Waals surface area contributed by atoms with Gasteiger partial charge in [0.05, 0.1) is 0 Å². The maximum absolute atomic E-state index is 13.4. The first-order valence-corrected chi connectivity index (χ1v) is 5.63. The summed E-state index contributed by atoms with van der Waals surface area (Å²) in [5, 5.41) is 3.69. The average molecular weight is 230 g/mol. The lowest BCUT2D eigenvalue weighted by molar-refractivity contribution is 0.533. The molecule has 1 atom stereocenters. The topological polar surface area (TPSA) is 12.0 Å². The van der Waals surface area contributed by atoms with Gasteiger partial charge in [0.1, 0.15) is 5.82 Å². The van der Waals surface area contributed by atoms with Gasteiger partial charge in [-0.15, -0.1) is 0 Å². The molecule has 0 fully saturated rings. The molecule has 0 saturated heterocycles. The van der Waals surface area contributed by atoms with Gasteiger partial charge in [-0.1, -0.05) is 17.7 Å². The fourth-order valence-corrected chi connectivity index (χ4v) is 1.76. The molecular formula is C12H17ClFN. The maximum atomic E-state index is 13.4. The number of benzene rings is 1. The van der Waals surface area contributed by atoms with E-state index in [0.717, 1.165) is 12.8 Å². The first-order valence-electron chi connectivity index (χ1n) is 5.25. The molecule has 0 amide bonds. The van der Waals surface area contributed by atoms with Gasteiger partial charge in [0, 0.05) is 16.6 Å². The summed E-state index contributed by atoms with van der Waals surface area (Å²) in [7, 11) is 1.93. The van der Waals surface area contributed by atoms with Crippen molar-refractivity contribution in [3.8, 4) is 0 Å². The van der Waals surface area contributed by atoms with Crippen molar-refractivity contribution in [1.29, 1.82) is 0 Å². The molecule has 0 aliphatic heterocycles. The van der Waals surface area contributed by atoms with Crippen LogP contribution < -0.4 is 5.32 Å². The number of hydrogen-bond donors (Lipinski definition) is 1. The fraction of sp³-hybridized carbons (Fsp3) is 0.500. The lowest BCUT2D eigenvalue weighted by atomic mass is 10.0. The summed E-state index contributed by atoms with van der Waals surface area (Å²) in [6.07, 6.45) is 2.68. The van der Waals surface area contributed by atoms with Crippen molar-refractivity contribution in [3.05, 3.63) is 34.6 Å². The Kier molecular flexibility index (Phi) is 5.06. The Morgan fingerprint density at radius 2 is 2.20 bits per heavy atom. The van der Waals surface area contributed by atoms with E-state index in [1.807, 2.05) is 7.05 Å². The van der Waals surface area contributed by atoms with Crippen molar-refractivity contribution in [2.24, 2.45) is 0 Å². The van der Waals surface area contributed by atoms with Crippen LogP contribution in [0, 0.1) is 5.82 Å². The van der Waals surface area contributed by atoms with E-state index in [2.05, 4.69) is 12.2 Å². The highest BCUT2D eigenvalue weighted by Gasteiger charge is 2.07. The fourth-order valence-electron chi connectivity index (χ4n) is 1.50. The average Bonchev–Trinajstić information content (AvgIpc) is 2.22. The first-order chi connectivity index (χ1) is 7.15. The molecule has 0 spiro atoms. The second-order valence-corrected chi connectivity index (χ2v) is 4.19. The minimum atomic E-state index is -0.195. The van der Waals surface area contributed by atoms with Gasteiger partial charge in [-0.25, -0.2) is 4.39 Å². The van der Waals surface area contributed by atoms with E-state index in [1.165, 1.54) is 6.07 Å². The lowest BCUT2D eigenvalue weighted by Gasteiger charge is -2.10. The zero-order valence-corrected chi connectivity index (χ0v) is 9.94. The number of rotatable bonds is 5. The van der Waals surface area contributed by atoms with Gasteiger partial charge < -0.3 is 5.32 Å². The highest BCUT2D eigenvalue weighted by molar-refractivity contribution is 6.31. The van der Waals surface area contributed by atoms with E-state index in [4.69, 9.17) is 11.6 Å². The quantitative estimate of drug-likeness (QED) is 0.816. The molecule has 0 bridgehead atoms. The third-order valence-electron chi connectivity index (χ3n) is 2.62. The largest absolute Gasteiger partial charge is 0.317 e. The Morgan fingerprint density at radius 1 is 1.47 bits per heavy atom. The van der Waals surface area contributed by atoms with E-state index < -0.39 is 0 Å². The lowest BCUT2D eigenvalue weighted by Crippen LogP contribution is -2.20. The van der Waals surface area contributed by atoms with Gasteiger partial charge >= 0.3 is 0 Å². The molecule has 0 saturated carbocycles. The zero-order valence-electron chi connectivity index (χ0n) is 9.19. The summed E-state index contributed by atoms with van der Waals surface area (Å²) >= 11 is 5.92. The minimum Gasteiger partial charge on any atom is -0.317 e. The molecule has 0 aliphatic carbocycles. The van der Waals surface area contributed by atoms with Crippen LogP contribution in [-0.2, 0) is 6.42 Å². The van der Waals surface area contributed by atoms with Crippen LogP contribution in [0.2, 0.25) is 5.02 Å². The van der Waals surface area contributed by atoms with Crippen molar-refractivity contribution in [2.45, 2.75) is 32.2 Å². The molecule has 0 aliphatic rings. The SMILES string of the molecule is CNC(C)CCCc1c(F)cccc1Cl. The van der Waals surface area contributed by atoms with Crippen molar-refractivity contribution < 1.29 is 4.39 Å². The molecule has 1 unspecified atom stereocenters. The van der Waals surface area contributed by atoms with Crippen LogP contribution in [0.25, 0.3) is 0 Å². The van der Waals surface area contributed by atoms with Crippen molar-refractivity contribution in [1.82, 2.24) is 5.32 Å². The van der Waals surface area contributed by atoms with Crippen LogP contribution in [-0.4, -0.2) is 13.1 Å². The Morgan fingerprint density at radius 3 is 2.80 bits per heavy atom. The van der Waals surface area contributed by atoms with Crippen LogP contribution in [0.3, 0.4) is 0 Å². The molecular weight excluding hydrogens is 213 g/mol. The molecule has 0 radical (unpaired) electrons. The Balaban J connectivity index is 2.50. The summed E-state index contributed by atoms with van der Waals surface area (Å²) in [6.45, 7) is 2.11. The normalized spacial score (nSPS) is 12.8. The van der Waals surface area contributed by atoms with Crippen LogP contribution in [0.1, 0.15) is 25.3 Å². The third-order valence-corrected chi connectivity index (χ3v) is 2.97. The second-order valence-electron chi connectivity index (χ2n) is 3.78. The van der Waals surface area contributed by atoms with Crippen LogP contribution in [0.15, 0.2) is 18.2 Å². The smallest absolute Gasteiger partial charge is 0.127 e. The van der Waals surface area contributed by atoms with Gasteiger partial charge in [-0.05, 0) is 45.4 Å². The number of hydrogen-bond acceptors (Lipinski definition) is 1. The molecule has 1 aromatic carbocycles. The van der Waals surface area contributed by atoms with Crippen molar-refractivity contribution >= 4 is 11.6 Å². The molecule has 1 aromatic rings. The first kappa shape index (κ1) is 12.5. The maximum Gasteiger partial charge on any atom is 0.127 e.